The summed E-state index contributed by atoms with van der Waals surface area (Å²) in [7, 11) is 0. The highest BCUT2D eigenvalue weighted by Crippen LogP contribution is 2.14. The number of nitrogens with zero attached hydrogens (tertiary/aromatic N) is 2. The number of Topliss-reactive ketones (excluding diaryl/α,β-unsaturated/α-hetero) is 1. The van der Waals surface area contributed by atoms with Crippen LogP contribution in [-0.2, 0) is 4.79 Å². The van der Waals surface area contributed by atoms with Crippen molar-refractivity contribution in [2.24, 2.45) is 10.2 Å². The second-order valence-electron chi connectivity index (χ2n) is 2.31. The van der Waals surface area contributed by atoms with Gasteiger partial charge >= 0.3 is 0 Å². The zero-order valence-corrected chi connectivity index (χ0v) is 5.37. The van der Waals surface area contributed by atoms with Gasteiger partial charge in [0.1, 0.15) is 5.71 Å². The molecule has 0 radical (unpaired) electrons. The predicted molar refractivity (Wildman–Crippen MR) is 38.3 cm³/mol. The monoisotopic (exact) mass is 134 g/mol. The van der Waals surface area contributed by atoms with Crippen LogP contribution in [0, 0.1) is 0 Å². The Morgan fingerprint density at radius 2 is 2.40 bits per heavy atom. The summed E-state index contributed by atoms with van der Waals surface area (Å²) in [5.74, 6) is 0.120. The molecular formula is C7H6N2O. The van der Waals surface area contributed by atoms with Crippen LogP contribution in [0.4, 0.5) is 0 Å². The Balaban J connectivity index is 2.46. The maximum absolute atomic E-state index is 11.0. The highest BCUT2D eigenvalue weighted by molar-refractivity contribution is 6.52. The molecule has 0 saturated heterocycles. The molecule has 0 aromatic heterocycles. The van der Waals surface area contributed by atoms with Crippen LogP contribution < -0.4 is 0 Å². The third-order valence-corrected chi connectivity index (χ3v) is 1.63. The van der Waals surface area contributed by atoms with Gasteiger partial charge in [-0.05, 0) is 6.42 Å². The standard InChI is InChI=1S/C7H6N2O/c10-6-3-1-2-5-4-8-9-7(5)6/h2,4H,1,3H2. The first-order valence-electron chi connectivity index (χ1n) is 3.23. The Morgan fingerprint density at radius 3 is 3.20 bits per heavy atom. The van der Waals surface area contributed by atoms with Crippen LogP contribution in [0.2, 0.25) is 0 Å². The first-order valence-corrected chi connectivity index (χ1v) is 3.23. The molecule has 2 rings (SSSR count). The number of ketones is 1. The number of allylic oxidation sites excluding steroid dienone is 2. The summed E-state index contributed by atoms with van der Waals surface area (Å²) in [6.45, 7) is 0. The highest BCUT2D eigenvalue weighted by Gasteiger charge is 2.21. The third-order valence-electron chi connectivity index (χ3n) is 1.63. The normalized spacial score (nSPS) is 22.2. The number of hydrogen-bond donors (Lipinski definition) is 0. The fraction of sp³-hybridized carbons (Fsp3) is 0.286. The molecule has 1 aliphatic carbocycles. The number of fused-ring (bicyclic) bond motifs is 1. The topological polar surface area (TPSA) is 41.8 Å². The molecule has 0 saturated carbocycles. The van der Waals surface area contributed by atoms with E-state index in [0.29, 0.717) is 12.1 Å². The average Bonchev–Trinajstić information content (AvgIpc) is 2.36. The summed E-state index contributed by atoms with van der Waals surface area (Å²) in [5.41, 5.74) is 1.45. The van der Waals surface area contributed by atoms with Gasteiger partial charge in [0.25, 0.3) is 0 Å². The smallest absolute Gasteiger partial charge is 0.184 e. The first-order chi connectivity index (χ1) is 4.88. The molecule has 0 aromatic carbocycles. The molecule has 50 valence electrons. The van der Waals surface area contributed by atoms with Gasteiger partial charge in [-0.3, -0.25) is 4.79 Å². The Morgan fingerprint density at radius 1 is 1.50 bits per heavy atom. The van der Waals surface area contributed by atoms with E-state index in [1.165, 1.54) is 0 Å². The molecule has 1 heterocycles. The molecule has 0 spiro atoms. The molecule has 0 aromatic rings. The SMILES string of the molecule is O=C1CCC=C2C=NN=C12. The van der Waals surface area contributed by atoms with Gasteiger partial charge in [0.15, 0.2) is 5.78 Å². The number of carbonyl (C=O) groups is 1. The lowest BCUT2D eigenvalue weighted by Crippen LogP contribution is -2.18. The van der Waals surface area contributed by atoms with Crippen LogP contribution in [0.1, 0.15) is 12.8 Å². The lowest BCUT2D eigenvalue weighted by atomic mass is 9.97. The summed E-state index contributed by atoms with van der Waals surface area (Å²) in [4.78, 5) is 11.0. The average molecular weight is 134 g/mol. The summed E-state index contributed by atoms with van der Waals surface area (Å²) >= 11 is 0. The van der Waals surface area contributed by atoms with E-state index in [1.54, 1.807) is 6.21 Å². The maximum Gasteiger partial charge on any atom is 0.184 e. The van der Waals surface area contributed by atoms with Gasteiger partial charge < -0.3 is 0 Å². The van der Waals surface area contributed by atoms with Crippen molar-refractivity contribution >= 4 is 17.7 Å². The maximum atomic E-state index is 11.0. The van der Waals surface area contributed by atoms with Gasteiger partial charge in [0, 0.05) is 12.0 Å². The Labute approximate surface area is 58.1 Å². The van der Waals surface area contributed by atoms with E-state index in [-0.39, 0.29) is 5.78 Å². The van der Waals surface area contributed by atoms with E-state index in [4.69, 9.17) is 0 Å². The second kappa shape index (κ2) is 1.87. The van der Waals surface area contributed by atoms with Gasteiger partial charge in [-0.2, -0.15) is 5.10 Å². The number of rotatable bonds is 0. The summed E-state index contributed by atoms with van der Waals surface area (Å²) in [5, 5.41) is 7.36. The van der Waals surface area contributed by atoms with Crippen molar-refractivity contribution < 1.29 is 4.79 Å². The second-order valence-corrected chi connectivity index (χ2v) is 2.31. The minimum Gasteiger partial charge on any atom is -0.292 e. The fourth-order valence-electron chi connectivity index (χ4n) is 1.11. The summed E-state index contributed by atoms with van der Waals surface area (Å²) < 4.78 is 0. The van der Waals surface area contributed by atoms with Crippen molar-refractivity contribution in [1.82, 2.24) is 0 Å². The summed E-state index contributed by atoms with van der Waals surface area (Å²) in [6.07, 6.45) is 5.05. The van der Waals surface area contributed by atoms with Crippen LogP contribution in [0.3, 0.4) is 0 Å². The van der Waals surface area contributed by atoms with Crippen LogP contribution in [0.15, 0.2) is 21.9 Å². The Kier molecular flexibility index (Phi) is 1.03. The van der Waals surface area contributed by atoms with Gasteiger partial charge in [-0.25, -0.2) is 0 Å². The number of carbonyl (C=O) groups excluding carboxylic acids is 1. The molecule has 0 fully saturated rings. The zero-order chi connectivity index (χ0) is 6.97. The van der Waals surface area contributed by atoms with Crippen molar-refractivity contribution in [3.8, 4) is 0 Å². The molecule has 0 N–H and O–H groups in total. The van der Waals surface area contributed by atoms with Gasteiger partial charge in [0.05, 0.1) is 6.21 Å². The Hall–Kier alpha value is -1.25. The molecule has 1 aliphatic heterocycles. The molecule has 2 aliphatic rings. The molecule has 0 atom stereocenters. The van der Waals surface area contributed by atoms with E-state index in [0.717, 1.165) is 12.0 Å². The minimum absolute atomic E-state index is 0.120. The quantitative estimate of drug-likeness (QED) is 0.481. The third kappa shape index (κ3) is 0.635. The van der Waals surface area contributed by atoms with E-state index in [9.17, 15) is 4.79 Å². The summed E-state index contributed by atoms with van der Waals surface area (Å²) in [6, 6.07) is 0. The molecule has 0 amide bonds. The molecule has 0 unspecified atom stereocenters. The lowest BCUT2D eigenvalue weighted by Gasteiger charge is -2.04. The van der Waals surface area contributed by atoms with Crippen molar-refractivity contribution in [2.45, 2.75) is 12.8 Å². The molecule has 10 heavy (non-hydrogen) atoms. The van der Waals surface area contributed by atoms with Crippen LogP contribution in [0.5, 0.6) is 0 Å². The number of hydrogen-bond acceptors (Lipinski definition) is 3. The van der Waals surface area contributed by atoms with Crippen molar-refractivity contribution in [1.29, 1.82) is 0 Å². The van der Waals surface area contributed by atoms with E-state index >= 15 is 0 Å². The van der Waals surface area contributed by atoms with E-state index < -0.39 is 0 Å². The lowest BCUT2D eigenvalue weighted by molar-refractivity contribution is -0.112. The van der Waals surface area contributed by atoms with Crippen molar-refractivity contribution in [2.75, 3.05) is 0 Å². The van der Waals surface area contributed by atoms with Gasteiger partial charge in [0.2, 0.25) is 0 Å². The minimum atomic E-state index is 0.120. The van der Waals surface area contributed by atoms with Crippen molar-refractivity contribution in [3.05, 3.63) is 11.6 Å². The highest BCUT2D eigenvalue weighted by atomic mass is 16.1. The molecule has 0 bridgehead atoms. The molecule has 3 nitrogen and oxygen atoms in total. The predicted octanol–water partition coefficient (Wildman–Crippen LogP) is 0.716. The van der Waals surface area contributed by atoms with Crippen LogP contribution in [-0.4, -0.2) is 17.7 Å². The zero-order valence-electron chi connectivity index (χ0n) is 5.37. The molecule has 3 heteroatoms. The van der Waals surface area contributed by atoms with Crippen molar-refractivity contribution in [3.63, 3.8) is 0 Å². The largest absolute Gasteiger partial charge is 0.292 e. The van der Waals surface area contributed by atoms with Crippen LogP contribution in [0.25, 0.3) is 0 Å². The molecular weight excluding hydrogens is 128 g/mol. The van der Waals surface area contributed by atoms with E-state index in [2.05, 4.69) is 10.2 Å². The van der Waals surface area contributed by atoms with Gasteiger partial charge in [-0.15, -0.1) is 5.10 Å². The van der Waals surface area contributed by atoms with Crippen LogP contribution >= 0.6 is 0 Å². The Bertz CT molecular complexity index is 273. The first kappa shape index (κ1) is 5.53. The van der Waals surface area contributed by atoms with Gasteiger partial charge in [-0.1, -0.05) is 6.08 Å². The van der Waals surface area contributed by atoms with E-state index in [1.807, 2.05) is 6.08 Å². The fourth-order valence-corrected chi connectivity index (χ4v) is 1.11.